The van der Waals surface area contributed by atoms with Gasteiger partial charge in [-0.25, -0.2) is 4.98 Å². The van der Waals surface area contributed by atoms with Gasteiger partial charge in [0.1, 0.15) is 11.6 Å². The number of hydrogen-bond acceptors (Lipinski definition) is 3. The SMILES string of the molecule is COc1ccccc1Cn1c(C(C)NC(=O)c2ccc(C)cc2)nc2ccccc21. The zero-order valence-corrected chi connectivity index (χ0v) is 17.4. The van der Waals surface area contributed by atoms with Crippen LogP contribution in [0.4, 0.5) is 0 Å². The van der Waals surface area contributed by atoms with Gasteiger partial charge in [0.15, 0.2) is 0 Å². The monoisotopic (exact) mass is 399 g/mol. The number of ether oxygens (including phenoxy) is 1. The van der Waals surface area contributed by atoms with Gasteiger partial charge in [0.05, 0.1) is 30.7 Å². The van der Waals surface area contributed by atoms with Gasteiger partial charge in [-0.3, -0.25) is 4.79 Å². The third kappa shape index (κ3) is 3.92. The van der Waals surface area contributed by atoms with Crippen molar-refractivity contribution >= 4 is 16.9 Å². The molecule has 30 heavy (non-hydrogen) atoms. The maximum absolute atomic E-state index is 12.8. The highest BCUT2D eigenvalue weighted by molar-refractivity contribution is 5.94. The molecule has 152 valence electrons. The number of benzene rings is 3. The third-order valence-electron chi connectivity index (χ3n) is 5.25. The first-order chi connectivity index (χ1) is 14.6. The summed E-state index contributed by atoms with van der Waals surface area (Å²) >= 11 is 0. The number of rotatable bonds is 6. The number of carbonyl (C=O) groups is 1. The van der Waals surface area contributed by atoms with E-state index < -0.39 is 0 Å². The summed E-state index contributed by atoms with van der Waals surface area (Å²) in [6, 6.07) is 23.3. The van der Waals surface area contributed by atoms with Gasteiger partial charge in [-0.05, 0) is 44.2 Å². The number of aromatic nitrogens is 2. The zero-order chi connectivity index (χ0) is 21.1. The van der Waals surface area contributed by atoms with Crippen molar-refractivity contribution in [2.75, 3.05) is 7.11 Å². The van der Waals surface area contributed by atoms with Gasteiger partial charge >= 0.3 is 0 Å². The average molecular weight is 399 g/mol. The maximum Gasteiger partial charge on any atom is 0.251 e. The van der Waals surface area contributed by atoms with Crippen molar-refractivity contribution in [3.63, 3.8) is 0 Å². The molecule has 1 aromatic heterocycles. The quantitative estimate of drug-likeness (QED) is 0.502. The average Bonchev–Trinajstić information content (AvgIpc) is 3.13. The van der Waals surface area contributed by atoms with Crippen LogP contribution in [-0.2, 0) is 6.54 Å². The van der Waals surface area contributed by atoms with Crippen LogP contribution in [0.3, 0.4) is 0 Å². The van der Waals surface area contributed by atoms with Crippen LogP contribution in [0, 0.1) is 6.92 Å². The van der Waals surface area contributed by atoms with Crippen LogP contribution in [0.1, 0.15) is 40.3 Å². The van der Waals surface area contributed by atoms with E-state index in [2.05, 4.69) is 16.0 Å². The number of nitrogens with one attached hydrogen (secondary N) is 1. The summed E-state index contributed by atoms with van der Waals surface area (Å²) in [5.41, 5.74) is 4.74. The molecule has 0 radical (unpaired) electrons. The number of methoxy groups -OCH3 is 1. The van der Waals surface area contributed by atoms with Crippen LogP contribution in [0.5, 0.6) is 5.75 Å². The molecule has 1 N–H and O–H groups in total. The van der Waals surface area contributed by atoms with E-state index >= 15 is 0 Å². The number of nitrogens with zero attached hydrogens (tertiary/aromatic N) is 2. The number of para-hydroxylation sites is 3. The topological polar surface area (TPSA) is 56.1 Å². The molecule has 0 fully saturated rings. The van der Waals surface area contributed by atoms with Gasteiger partial charge in [-0.1, -0.05) is 48.0 Å². The second-order valence-corrected chi connectivity index (χ2v) is 7.42. The van der Waals surface area contributed by atoms with Crippen molar-refractivity contribution in [2.45, 2.75) is 26.4 Å². The Labute approximate surface area is 176 Å². The standard InChI is InChI=1S/C25H25N3O2/c1-17-12-14-19(15-13-17)25(29)26-18(2)24-27-21-9-5-6-10-22(21)28(24)16-20-8-4-7-11-23(20)30-3/h4-15,18H,16H2,1-3H3,(H,26,29). The van der Waals surface area contributed by atoms with Gasteiger partial charge in [0, 0.05) is 11.1 Å². The summed E-state index contributed by atoms with van der Waals surface area (Å²) in [6.45, 7) is 4.57. The van der Waals surface area contributed by atoms with Crippen molar-refractivity contribution in [3.8, 4) is 5.75 Å². The minimum Gasteiger partial charge on any atom is -0.496 e. The molecule has 1 unspecified atom stereocenters. The Morgan fingerprint density at radius 3 is 2.50 bits per heavy atom. The molecule has 5 nitrogen and oxygen atoms in total. The second kappa shape index (κ2) is 8.41. The van der Waals surface area contributed by atoms with Crippen LogP contribution in [0.25, 0.3) is 11.0 Å². The fourth-order valence-corrected chi connectivity index (χ4v) is 3.64. The van der Waals surface area contributed by atoms with Crippen molar-refractivity contribution < 1.29 is 9.53 Å². The molecule has 1 heterocycles. The van der Waals surface area contributed by atoms with Crippen LogP contribution < -0.4 is 10.1 Å². The summed E-state index contributed by atoms with van der Waals surface area (Å²) < 4.78 is 7.68. The van der Waals surface area contributed by atoms with Crippen molar-refractivity contribution in [1.29, 1.82) is 0 Å². The lowest BCUT2D eigenvalue weighted by atomic mass is 10.1. The summed E-state index contributed by atoms with van der Waals surface area (Å²) in [6.07, 6.45) is 0. The van der Waals surface area contributed by atoms with E-state index in [0.717, 1.165) is 33.7 Å². The van der Waals surface area contributed by atoms with Gasteiger partial charge in [0.25, 0.3) is 5.91 Å². The van der Waals surface area contributed by atoms with Crippen LogP contribution in [0.2, 0.25) is 0 Å². The van der Waals surface area contributed by atoms with Crippen molar-refractivity contribution in [2.24, 2.45) is 0 Å². The number of hydrogen-bond donors (Lipinski definition) is 1. The predicted molar refractivity (Wildman–Crippen MR) is 119 cm³/mol. The fraction of sp³-hybridized carbons (Fsp3) is 0.200. The normalized spacial score (nSPS) is 12.0. The van der Waals surface area contributed by atoms with Crippen LogP contribution >= 0.6 is 0 Å². The van der Waals surface area contributed by atoms with Gasteiger partial charge < -0.3 is 14.6 Å². The number of amides is 1. The molecule has 0 bridgehead atoms. The van der Waals surface area contributed by atoms with Crippen LogP contribution in [0.15, 0.2) is 72.8 Å². The highest BCUT2D eigenvalue weighted by atomic mass is 16.5. The molecular formula is C25H25N3O2. The molecule has 4 aromatic rings. The molecule has 1 amide bonds. The summed E-state index contributed by atoms with van der Waals surface area (Å²) in [5, 5.41) is 3.09. The van der Waals surface area contributed by atoms with E-state index in [9.17, 15) is 4.79 Å². The maximum atomic E-state index is 12.8. The zero-order valence-electron chi connectivity index (χ0n) is 17.4. The van der Waals surface area contributed by atoms with Gasteiger partial charge in [0.2, 0.25) is 0 Å². The molecule has 4 rings (SSSR count). The highest BCUT2D eigenvalue weighted by Crippen LogP contribution is 2.25. The molecule has 0 aliphatic carbocycles. The fourth-order valence-electron chi connectivity index (χ4n) is 3.64. The highest BCUT2D eigenvalue weighted by Gasteiger charge is 2.20. The molecule has 5 heteroatoms. The minimum atomic E-state index is -0.263. The van der Waals surface area contributed by atoms with E-state index in [4.69, 9.17) is 9.72 Å². The Morgan fingerprint density at radius 2 is 1.73 bits per heavy atom. The molecule has 0 saturated heterocycles. The summed E-state index contributed by atoms with van der Waals surface area (Å²) in [4.78, 5) is 17.6. The van der Waals surface area contributed by atoms with E-state index in [0.29, 0.717) is 12.1 Å². The van der Waals surface area contributed by atoms with Crippen molar-refractivity contribution in [3.05, 3.63) is 95.3 Å². The largest absolute Gasteiger partial charge is 0.496 e. The summed E-state index contributed by atoms with van der Waals surface area (Å²) in [7, 11) is 1.68. The predicted octanol–water partition coefficient (Wildman–Crippen LogP) is 4.89. The Morgan fingerprint density at radius 1 is 1.03 bits per heavy atom. The summed E-state index contributed by atoms with van der Waals surface area (Å²) in [5.74, 6) is 1.53. The smallest absolute Gasteiger partial charge is 0.251 e. The van der Waals surface area contributed by atoms with Gasteiger partial charge in [-0.15, -0.1) is 0 Å². The van der Waals surface area contributed by atoms with E-state index in [-0.39, 0.29) is 11.9 Å². The number of carbonyl (C=O) groups excluding carboxylic acids is 1. The van der Waals surface area contributed by atoms with E-state index in [1.54, 1.807) is 7.11 Å². The molecule has 3 aromatic carbocycles. The third-order valence-corrected chi connectivity index (χ3v) is 5.25. The lowest BCUT2D eigenvalue weighted by Gasteiger charge is -2.17. The lowest BCUT2D eigenvalue weighted by molar-refractivity contribution is 0.0937. The minimum absolute atomic E-state index is 0.113. The van der Waals surface area contributed by atoms with Gasteiger partial charge in [-0.2, -0.15) is 0 Å². The molecule has 1 atom stereocenters. The number of imidazole rings is 1. The second-order valence-electron chi connectivity index (χ2n) is 7.42. The first kappa shape index (κ1) is 19.7. The van der Waals surface area contributed by atoms with E-state index in [1.807, 2.05) is 80.6 Å². The molecular weight excluding hydrogens is 374 g/mol. The first-order valence-electron chi connectivity index (χ1n) is 10.0. The molecule has 0 aliphatic rings. The lowest BCUT2D eigenvalue weighted by Crippen LogP contribution is -2.28. The molecule has 0 aliphatic heterocycles. The Bertz CT molecular complexity index is 1180. The Balaban J connectivity index is 1.68. The molecule has 0 saturated carbocycles. The van der Waals surface area contributed by atoms with E-state index in [1.165, 1.54) is 0 Å². The first-order valence-corrected chi connectivity index (χ1v) is 10.0. The number of fused-ring (bicyclic) bond motifs is 1. The van der Waals surface area contributed by atoms with Crippen molar-refractivity contribution in [1.82, 2.24) is 14.9 Å². The Kier molecular flexibility index (Phi) is 5.53. The number of aryl methyl sites for hydroxylation is 1. The Hall–Kier alpha value is -3.60. The van der Waals surface area contributed by atoms with Crippen LogP contribution in [-0.4, -0.2) is 22.6 Å². The molecule has 0 spiro atoms.